The van der Waals surface area contributed by atoms with E-state index in [1.807, 2.05) is 0 Å². The molecule has 0 bridgehead atoms. The van der Waals surface area contributed by atoms with E-state index in [0.29, 0.717) is 21.9 Å². The molecule has 4 rings (SSSR count). The second-order valence-corrected chi connectivity index (χ2v) is 11.0. The van der Waals surface area contributed by atoms with Gasteiger partial charge < -0.3 is 5.32 Å². The van der Waals surface area contributed by atoms with Crippen molar-refractivity contribution in [2.75, 3.05) is 4.90 Å². The molecule has 41 heavy (non-hydrogen) atoms. The van der Waals surface area contributed by atoms with Gasteiger partial charge in [0.1, 0.15) is 17.9 Å². The molecule has 1 aromatic carbocycles. The second kappa shape index (κ2) is 12.5. The topological polar surface area (TPSA) is 82.6 Å². The number of halogens is 4. The number of nitrogens with zero attached hydrogens (tertiary/aromatic N) is 3. The molecular weight excluding hydrogens is 573 g/mol. The fourth-order valence-corrected chi connectivity index (χ4v) is 5.39. The second-order valence-electron chi connectivity index (χ2n) is 10.2. The van der Waals surface area contributed by atoms with Gasteiger partial charge in [-0.15, -0.1) is 0 Å². The molecule has 1 N–H and O–H groups in total. The maximum Gasteiger partial charge on any atom is 0.252 e. The summed E-state index contributed by atoms with van der Waals surface area (Å²) in [5, 5.41) is 3.25. The number of pyridine rings is 1. The van der Waals surface area contributed by atoms with Crippen LogP contribution in [0, 0.1) is 0 Å². The molecule has 1 aliphatic carbocycles. The number of amides is 3. The highest BCUT2D eigenvalue weighted by atomic mass is 35.5. The first-order valence-electron chi connectivity index (χ1n) is 13.1. The van der Waals surface area contributed by atoms with Crippen molar-refractivity contribution in [3.05, 3.63) is 94.3 Å². The van der Waals surface area contributed by atoms with Crippen molar-refractivity contribution in [3.8, 4) is 0 Å². The van der Waals surface area contributed by atoms with Gasteiger partial charge in [-0.25, -0.2) is 13.8 Å². The van der Waals surface area contributed by atoms with Gasteiger partial charge in [-0.05, 0) is 50.6 Å². The van der Waals surface area contributed by atoms with Crippen molar-refractivity contribution in [2.45, 2.75) is 63.6 Å². The van der Waals surface area contributed by atoms with Gasteiger partial charge in [-0.1, -0.05) is 59.6 Å². The predicted molar refractivity (Wildman–Crippen MR) is 155 cm³/mol. The number of nitrogens with one attached hydrogen (secondary N) is 1. The molecule has 216 valence electrons. The van der Waals surface area contributed by atoms with E-state index in [2.05, 4.69) is 16.9 Å². The minimum absolute atomic E-state index is 0.0812. The Morgan fingerprint density at radius 3 is 2.51 bits per heavy atom. The number of carbonyl (C=O) groups is 3. The van der Waals surface area contributed by atoms with E-state index in [9.17, 15) is 23.2 Å². The molecular formula is C30H30Cl2F2N4O3. The van der Waals surface area contributed by atoms with Crippen LogP contribution in [0.4, 0.5) is 14.6 Å². The number of benzene rings is 1. The molecule has 1 saturated heterocycles. The van der Waals surface area contributed by atoms with E-state index < -0.39 is 48.7 Å². The summed E-state index contributed by atoms with van der Waals surface area (Å²) >= 11 is 12.6. The molecule has 1 saturated carbocycles. The van der Waals surface area contributed by atoms with Gasteiger partial charge in [0.2, 0.25) is 11.8 Å². The highest BCUT2D eigenvalue weighted by Crippen LogP contribution is 2.39. The number of allylic oxidation sites excluding steroid dienone is 4. The van der Waals surface area contributed by atoms with Crippen LogP contribution >= 0.6 is 23.2 Å². The summed E-state index contributed by atoms with van der Waals surface area (Å²) in [5.74, 6) is -4.19. The van der Waals surface area contributed by atoms with Crippen molar-refractivity contribution in [3.63, 3.8) is 0 Å². The highest BCUT2D eigenvalue weighted by Gasteiger charge is 2.48. The monoisotopic (exact) mass is 602 g/mol. The summed E-state index contributed by atoms with van der Waals surface area (Å²) < 4.78 is 27.3. The largest absolute Gasteiger partial charge is 0.351 e. The molecule has 2 aliphatic rings. The van der Waals surface area contributed by atoms with Gasteiger partial charge in [0.15, 0.2) is 0 Å². The zero-order chi connectivity index (χ0) is 29.9. The van der Waals surface area contributed by atoms with Gasteiger partial charge in [0.25, 0.3) is 11.8 Å². The number of aromatic nitrogens is 1. The van der Waals surface area contributed by atoms with Crippen LogP contribution in [0.1, 0.15) is 51.1 Å². The van der Waals surface area contributed by atoms with Crippen LogP contribution in [0.25, 0.3) is 0 Å². The SMILES string of the molecule is C=C(C)C=C(C=CC)N(C(=O)C1CCC(=O)N1c1ccc(Cl)cn1)C(C(=O)NC1CC(F)(F)C1)c1ccccc1Cl. The number of hydrogen-bond acceptors (Lipinski definition) is 4. The Balaban J connectivity index is 1.85. The quantitative estimate of drug-likeness (QED) is 0.336. The summed E-state index contributed by atoms with van der Waals surface area (Å²) in [4.78, 5) is 48.3. The van der Waals surface area contributed by atoms with E-state index in [4.69, 9.17) is 23.2 Å². The summed E-state index contributed by atoms with van der Waals surface area (Å²) in [5.41, 5.74) is 1.20. The molecule has 1 aromatic heterocycles. The van der Waals surface area contributed by atoms with Crippen LogP contribution in [0.15, 0.2) is 78.7 Å². The van der Waals surface area contributed by atoms with Crippen molar-refractivity contribution in [2.24, 2.45) is 0 Å². The Kier molecular flexibility index (Phi) is 9.29. The third kappa shape index (κ3) is 6.85. The number of alkyl halides is 2. The third-order valence-electron chi connectivity index (χ3n) is 6.85. The van der Waals surface area contributed by atoms with E-state index >= 15 is 0 Å². The lowest BCUT2D eigenvalue weighted by Crippen LogP contribution is -2.55. The number of anilines is 1. The first-order valence-corrected chi connectivity index (χ1v) is 13.9. The zero-order valence-corrected chi connectivity index (χ0v) is 24.1. The van der Waals surface area contributed by atoms with Crippen LogP contribution in [0.5, 0.6) is 0 Å². The summed E-state index contributed by atoms with van der Waals surface area (Å²) in [6, 6.07) is 6.52. The molecule has 11 heteroatoms. The van der Waals surface area contributed by atoms with Gasteiger partial charge in [0, 0.05) is 47.8 Å². The number of hydrogen-bond donors (Lipinski definition) is 1. The summed E-state index contributed by atoms with van der Waals surface area (Å²) in [7, 11) is 0. The molecule has 2 aromatic rings. The molecule has 0 spiro atoms. The third-order valence-corrected chi connectivity index (χ3v) is 7.41. The van der Waals surface area contributed by atoms with Crippen LogP contribution in [-0.4, -0.2) is 45.6 Å². The number of carbonyl (C=O) groups excluding carboxylic acids is 3. The lowest BCUT2D eigenvalue weighted by Gasteiger charge is -2.39. The Labute approximate surface area is 247 Å². The maximum atomic E-state index is 14.6. The first kappa shape index (κ1) is 30.4. The first-order chi connectivity index (χ1) is 19.4. The molecule has 2 heterocycles. The lowest BCUT2D eigenvalue weighted by atomic mass is 9.87. The van der Waals surface area contributed by atoms with E-state index in [0.717, 1.165) is 0 Å². The van der Waals surface area contributed by atoms with Crippen molar-refractivity contribution in [1.29, 1.82) is 0 Å². The summed E-state index contributed by atoms with van der Waals surface area (Å²) in [6.45, 7) is 7.42. The standard InChI is InChI=1S/C30H30Cl2F2N4O3/c1-4-7-21(14-18(2)3)37(29(41)24-11-13-26(39)38(24)25-12-10-19(31)17-35-25)27(22-8-5-6-9-23(22)32)28(40)36-20-15-30(33,34)16-20/h4-10,12,14,17,20,24,27H,2,11,13,15-16H2,1,3H3,(H,36,40). The van der Waals surface area contributed by atoms with Crippen LogP contribution in [0.2, 0.25) is 10.0 Å². The molecule has 2 unspecified atom stereocenters. The Bertz CT molecular complexity index is 1400. The Morgan fingerprint density at radius 1 is 1.22 bits per heavy atom. The minimum atomic E-state index is -2.86. The minimum Gasteiger partial charge on any atom is -0.351 e. The Morgan fingerprint density at radius 2 is 1.93 bits per heavy atom. The Hall–Kier alpha value is -3.56. The van der Waals surface area contributed by atoms with Gasteiger partial charge in [-0.3, -0.25) is 24.2 Å². The molecule has 7 nitrogen and oxygen atoms in total. The van der Waals surface area contributed by atoms with Crippen molar-refractivity contribution >= 4 is 46.7 Å². The molecule has 2 fully saturated rings. The maximum absolute atomic E-state index is 14.6. The lowest BCUT2D eigenvalue weighted by molar-refractivity contribution is -0.142. The molecule has 3 amide bonds. The van der Waals surface area contributed by atoms with E-state index in [-0.39, 0.29) is 29.6 Å². The van der Waals surface area contributed by atoms with Crippen LogP contribution in [-0.2, 0) is 14.4 Å². The normalized spacial score (nSPS) is 19.7. The zero-order valence-electron chi connectivity index (χ0n) is 22.6. The van der Waals surface area contributed by atoms with E-state index in [1.54, 1.807) is 68.5 Å². The van der Waals surface area contributed by atoms with Crippen molar-refractivity contribution < 1.29 is 23.2 Å². The van der Waals surface area contributed by atoms with Crippen LogP contribution in [0.3, 0.4) is 0 Å². The average molecular weight is 603 g/mol. The van der Waals surface area contributed by atoms with Crippen molar-refractivity contribution in [1.82, 2.24) is 15.2 Å². The average Bonchev–Trinajstić information content (AvgIpc) is 3.27. The predicted octanol–water partition coefficient (Wildman–Crippen LogP) is 6.40. The summed E-state index contributed by atoms with van der Waals surface area (Å²) in [6.07, 6.45) is 5.59. The van der Waals surface area contributed by atoms with E-state index in [1.165, 1.54) is 16.0 Å². The highest BCUT2D eigenvalue weighted by molar-refractivity contribution is 6.31. The van der Waals surface area contributed by atoms with Gasteiger partial charge in [-0.2, -0.15) is 0 Å². The molecule has 0 radical (unpaired) electrons. The van der Waals surface area contributed by atoms with Crippen LogP contribution < -0.4 is 10.2 Å². The number of rotatable bonds is 9. The smallest absolute Gasteiger partial charge is 0.252 e. The fourth-order valence-electron chi connectivity index (χ4n) is 5.04. The van der Waals surface area contributed by atoms with Gasteiger partial charge >= 0.3 is 0 Å². The fraction of sp³-hybridized carbons (Fsp3) is 0.333. The van der Waals surface area contributed by atoms with Gasteiger partial charge in [0.05, 0.1) is 5.02 Å². The molecule has 1 aliphatic heterocycles. The molecule has 2 atom stereocenters.